The number of ether oxygens (including phenoxy) is 3. The maximum Gasteiger partial charge on any atom is 0.254 e. The number of carbonyl (C=O) groups excluding carboxylic acids is 2. The van der Waals surface area contributed by atoms with E-state index in [2.05, 4.69) is 21.2 Å². The van der Waals surface area contributed by atoms with E-state index >= 15 is 0 Å². The molecule has 29 heavy (non-hydrogen) atoms. The van der Waals surface area contributed by atoms with E-state index < -0.39 is 0 Å². The first-order valence-corrected chi connectivity index (χ1v) is 9.88. The molecule has 0 radical (unpaired) electrons. The quantitative estimate of drug-likeness (QED) is 0.607. The largest absolute Gasteiger partial charge is 0.497 e. The molecule has 2 aromatic carbocycles. The maximum atomic E-state index is 12.8. The van der Waals surface area contributed by atoms with Gasteiger partial charge in [0.05, 0.1) is 31.8 Å². The van der Waals surface area contributed by atoms with Crippen molar-refractivity contribution in [3.05, 3.63) is 46.4 Å². The molecule has 0 fully saturated rings. The van der Waals surface area contributed by atoms with Gasteiger partial charge in [-0.05, 0) is 46.6 Å². The number of benzene rings is 2. The Balaban J connectivity index is 2.08. The lowest BCUT2D eigenvalue weighted by Gasteiger charge is -2.19. The van der Waals surface area contributed by atoms with Crippen molar-refractivity contribution in [3.63, 3.8) is 0 Å². The van der Waals surface area contributed by atoms with Crippen molar-refractivity contribution in [2.24, 2.45) is 0 Å². The number of nitrogens with zero attached hydrogens (tertiary/aromatic N) is 1. The molecule has 0 aromatic heterocycles. The van der Waals surface area contributed by atoms with Gasteiger partial charge in [-0.3, -0.25) is 9.59 Å². The third-order valence-corrected chi connectivity index (χ3v) is 4.60. The molecule has 1 N–H and O–H groups in total. The molecule has 0 saturated heterocycles. The predicted molar refractivity (Wildman–Crippen MR) is 115 cm³/mol. The number of rotatable bonds is 9. The number of carbonyl (C=O) groups is 2. The van der Waals surface area contributed by atoms with E-state index in [1.807, 2.05) is 6.92 Å². The van der Waals surface area contributed by atoms with E-state index in [4.69, 9.17) is 14.2 Å². The number of amides is 2. The minimum atomic E-state index is -0.317. The lowest BCUT2D eigenvalue weighted by Crippen LogP contribution is -2.35. The number of hydrogen-bond donors (Lipinski definition) is 1. The first-order valence-electron chi connectivity index (χ1n) is 9.09. The van der Waals surface area contributed by atoms with Gasteiger partial charge in [0.2, 0.25) is 5.91 Å². The summed E-state index contributed by atoms with van der Waals surface area (Å²) in [7, 11) is 4.63. The standard InChI is InChI=1S/C21H25BrN2O5/c1-5-9-29-20-17(22)10-14(11-18(20)28-4)21(26)24(2)13-19(25)23-15-7-6-8-16(12-15)27-3/h6-8,10-12H,5,9,13H2,1-4H3,(H,23,25). The molecule has 0 aliphatic carbocycles. The van der Waals surface area contributed by atoms with Crippen molar-refractivity contribution in [1.29, 1.82) is 0 Å². The molecule has 0 atom stereocenters. The van der Waals surface area contributed by atoms with Crippen LogP contribution in [0.1, 0.15) is 23.7 Å². The van der Waals surface area contributed by atoms with Crippen molar-refractivity contribution >= 4 is 33.4 Å². The average molecular weight is 465 g/mol. The van der Waals surface area contributed by atoms with Crippen LogP contribution in [0.2, 0.25) is 0 Å². The van der Waals surface area contributed by atoms with Crippen LogP contribution in [0.25, 0.3) is 0 Å². The number of anilines is 1. The van der Waals surface area contributed by atoms with Gasteiger partial charge < -0.3 is 24.4 Å². The van der Waals surface area contributed by atoms with E-state index in [0.717, 1.165) is 6.42 Å². The molecule has 0 heterocycles. The van der Waals surface area contributed by atoms with Crippen LogP contribution in [0.15, 0.2) is 40.9 Å². The van der Waals surface area contributed by atoms with Gasteiger partial charge in [0.15, 0.2) is 11.5 Å². The molecule has 8 heteroatoms. The van der Waals surface area contributed by atoms with Gasteiger partial charge >= 0.3 is 0 Å². The molecule has 2 amide bonds. The molecule has 0 spiro atoms. The number of methoxy groups -OCH3 is 2. The second kappa shape index (κ2) is 10.7. The smallest absolute Gasteiger partial charge is 0.254 e. The van der Waals surface area contributed by atoms with Crippen molar-refractivity contribution in [2.75, 3.05) is 39.7 Å². The van der Waals surface area contributed by atoms with Gasteiger partial charge in [-0.15, -0.1) is 0 Å². The van der Waals surface area contributed by atoms with Crippen LogP contribution < -0.4 is 19.5 Å². The minimum Gasteiger partial charge on any atom is -0.497 e. The highest BCUT2D eigenvalue weighted by Gasteiger charge is 2.20. The molecular formula is C21H25BrN2O5. The van der Waals surface area contributed by atoms with Crippen molar-refractivity contribution in [3.8, 4) is 17.2 Å². The van der Waals surface area contributed by atoms with Crippen molar-refractivity contribution in [1.82, 2.24) is 4.90 Å². The Hall–Kier alpha value is -2.74. The Bertz CT molecular complexity index is 872. The summed E-state index contributed by atoms with van der Waals surface area (Å²) in [5.74, 6) is 0.999. The van der Waals surface area contributed by atoms with Crippen LogP contribution in [0, 0.1) is 0 Å². The summed E-state index contributed by atoms with van der Waals surface area (Å²) in [6.07, 6.45) is 0.849. The van der Waals surface area contributed by atoms with Gasteiger partial charge in [-0.25, -0.2) is 0 Å². The SMILES string of the molecule is CCCOc1c(Br)cc(C(=O)N(C)CC(=O)Nc2cccc(OC)c2)cc1OC. The Kier molecular flexibility index (Phi) is 8.33. The van der Waals surface area contributed by atoms with Gasteiger partial charge in [-0.2, -0.15) is 0 Å². The highest BCUT2D eigenvalue weighted by atomic mass is 79.9. The normalized spacial score (nSPS) is 10.2. The topological polar surface area (TPSA) is 77.1 Å². The Morgan fingerprint density at radius 2 is 1.90 bits per heavy atom. The molecular weight excluding hydrogens is 440 g/mol. The van der Waals surface area contributed by atoms with Crippen LogP contribution in [-0.2, 0) is 4.79 Å². The highest BCUT2D eigenvalue weighted by Crippen LogP contribution is 2.37. The first kappa shape index (κ1) is 22.5. The van der Waals surface area contributed by atoms with Crippen LogP contribution in [0.4, 0.5) is 5.69 Å². The monoisotopic (exact) mass is 464 g/mol. The molecule has 156 valence electrons. The fraction of sp³-hybridized carbons (Fsp3) is 0.333. The molecule has 2 aromatic rings. The zero-order valence-electron chi connectivity index (χ0n) is 17.0. The molecule has 0 bridgehead atoms. The van der Waals surface area contributed by atoms with E-state index in [0.29, 0.717) is 39.6 Å². The van der Waals surface area contributed by atoms with Crippen LogP contribution in [0.3, 0.4) is 0 Å². The van der Waals surface area contributed by atoms with E-state index in [-0.39, 0.29) is 18.4 Å². The fourth-order valence-corrected chi connectivity index (χ4v) is 3.15. The summed E-state index contributed by atoms with van der Waals surface area (Å²) in [5, 5.41) is 2.75. The molecule has 0 aliphatic rings. The Morgan fingerprint density at radius 3 is 2.55 bits per heavy atom. The van der Waals surface area contributed by atoms with Gasteiger partial charge in [0.25, 0.3) is 5.91 Å². The van der Waals surface area contributed by atoms with E-state index in [1.54, 1.807) is 50.6 Å². The summed E-state index contributed by atoms with van der Waals surface area (Å²) in [6.45, 7) is 2.43. The Labute approximate surface area is 179 Å². The molecule has 7 nitrogen and oxygen atoms in total. The number of nitrogens with one attached hydrogen (secondary N) is 1. The summed E-state index contributed by atoms with van der Waals surface area (Å²) >= 11 is 3.43. The average Bonchev–Trinajstić information content (AvgIpc) is 2.71. The molecule has 0 unspecified atom stereocenters. The van der Waals surface area contributed by atoms with Crippen molar-refractivity contribution in [2.45, 2.75) is 13.3 Å². The van der Waals surface area contributed by atoms with E-state index in [1.165, 1.54) is 12.0 Å². The third kappa shape index (κ3) is 6.12. The highest BCUT2D eigenvalue weighted by molar-refractivity contribution is 9.10. The summed E-state index contributed by atoms with van der Waals surface area (Å²) in [6, 6.07) is 10.3. The molecule has 0 aliphatic heterocycles. The minimum absolute atomic E-state index is 0.107. The fourth-order valence-electron chi connectivity index (χ4n) is 2.60. The van der Waals surface area contributed by atoms with Gasteiger partial charge in [0.1, 0.15) is 5.75 Å². The number of likely N-dealkylation sites (N-methyl/N-ethyl adjacent to an activating group) is 1. The van der Waals surface area contributed by atoms with Gasteiger partial charge in [-0.1, -0.05) is 13.0 Å². The predicted octanol–water partition coefficient (Wildman–Crippen LogP) is 3.97. The van der Waals surface area contributed by atoms with Crippen molar-refractivity contribution < 1.29 is 23.8 Å². The lowest BCUT2D eigenvalue weighted by molar-refractivity contribution is -0.116. The zero-order valence-corrected chi connectivity index (χ0v) is 18.5. The summed E-state index contributed by atoms with van der Waals surface area (Å²) < 4.78 is 16.8. The molecule has 2 rings (SSSR count). The van der Waals surface area contributed by atoms with Crippen LogP contribution in [-0.4, -0.2) is 51.1 Å². The van der Waals surface area contributed by atoms with Gasteiger partial charge in [0, 0.05) is 24.4 Å². The third-order valence-electron chi connectivity index (χ3n) is 4.01. The second-order valence-corrected chi connectivity index (χ2v) is 7.13. The Morgan fingerprint density at radius 1 is 1.14 bits per heavy atom. The summed E-state index contributed by atoms with van der Waals surface area (Å²) in [5.41, 5.74) is 0.978. The van der Waals surface area contributed by atoms with Crippen LogP contribution in [0.5, 0.6) is 17.2 Å². The van der Waals surface area contributed by atoms with E-state index in [9.17, 15) is 9.59 Å². The number of halogens is 1. The second-order valence-electron chi connectivity index (χ2n) is 6.28. The zero-order chi connectivity index (χ0) is 21.4. The van der Waals surface area contributed by atoms with Crippen LogP contribution >= 0.6 is 15.9 Å². The summed E-state index contributed by atoms with van der Waals surface area (Å²) in [4.78, 5) is 26.4. The molecule has 0 saturated carbocycles. The maximum absolute atomic E-state index is 12.8. The lowest BCUT2D eigenvalue weighted by atomic mass is 10.1. The first-order chi connectivity index (χ1) is 13.9. The number of hydrogen-bond acceptors (Lipinski definition) is 5.